The first kappa shape index (κ1) is 21.5. The van der Waals surface area contributed by atoms with Crippen LogP contribution in [0.5, 0.6) is 11.5 Å². The first-order chi connectivity index (χ1) is 14.3. The summed E-state index contributed by atoms with van der Waals surface area (Å²) in [5.41, 5.74) is 0.894. The number of carbonyl (C=O) groups is 2. The van der Waals surface area contributed by atoms with Crippen molar-refractivity contribution in [3.8, 4) is 11.5 Å². The van der Waals surface area contributed by atoms with Gasteiger partial charge in [-0.15, -0.1) is 0 Å². The molecule has 0 spiro atoms. The molecule has 9 heteroatoms. The highest BCUT2D eigenvalue weighted by molar-refractivity contribution is 7.22. The van der Waals surface area contributed by atoms with Crippen LogP contribution in [0.15, 0.2) is 36.4 Å². The van der Waals surface area contributed by atoms with E-state index in [1.165, 1.54) is 37.7 Å². The molecular weight excluding hydrogens is 409 g/mol. The lowest BCUT2D eigenvalue weighted by Crippen LogP contribution is -2.47. The molecule has 1 heterocycles. The molecule has 0 fully saturated rings. The lowest BCUT2D eigenvalue weighted by atomic mass is 10.0. The molecule has 1 atom stereocenters. The summed E-state index contributed by atoms with van der Waals surface area (Å²) < 4.78 is 24.4. The first-order valence-corrected chi connectivity index (χ1v) is 10.0. The molecule has 0 aliphatic heterocycles. The van der Waals surface area contributed by atoms with E-state index in [4.69, 9.17) is 9.47 Å². The van der Waals surface area contributed by atoms with Crippen molar-refractivity contribution in [1.82, 2.24) is 10.3 Å². The van der Waals surface area contributed by atoms with Gasteiger partial charge in [-0.3, -0.25) is 9.59 Å². The summed E-state index contributed by atoms with van der Waals surface area (Å²) in [6.07, 6.45) is 0. The Bertz CT molecular complexity index is 1060. The second-order valence-electron chi connectivity index (χ2n) is 6.92. The zero-order valence-corrected chi connectivity index (χ0v) is 17.8. The summed E-state index contributed by atoms with van der Waals surface area (Å²) in [5.74, 6) is -0.475. The quantitative estimate of drug-likeness (QED) is 0.593. The molecule has 1 aromatic heterocycles. The molecular formula is C21H22FN3O4S. The average Bonchev–Trinajstić information content (AvgIpc) is 3.11. The monoisotopic (exact) mass is 431 g/mol. The van der Waals surface area contributed by atoms with Crippen LogP contribution in [0.3, 0.4) is 0 Å². The number of ether oxygens (including phenoxy) is 2. The van der Waals surface area contributed by atoms with Gasteiger partial charge in [0, 0.05) is 11.6 Å². The Morgan fingerprint density at radius 3 is 2.33 bits per heavy atom. The number of amides is 2. The van der Waals surface area contributed by atoms with E-state index in [0.717, 1.165) is 0 Å². The van der Waals surface area contributed by atoms with Gasteiger partial charge in [-0.1, -0.05) is 25.2 Å². The minimum Gasteiger partial charge on any atom is -0.497 e. The maximum atomic E-state index is 13.4. The summed E-state index contributed by atoms with van der Waals surface area (Å²) in [6, 6.07) is 8.20. The number of hydrogen-bond acceptors (Lipinski definition) is 6. The van der Waals surface area contributed by atoms with Gasteiger partial charge in [0.25, 0.3) is 5.91 Å². The molecule has 0 saturated heterocycles. The van der Waals surface area contributed by atoms with Crippen LogP contribution in [0.25, 0.3) is 10.2 Å². The van der Waals surface area contributed by atoms with E-state index in [0.29, 0.717) is 32.4 Å². The lowest BCUT2D eigenvalue weighted by molar-refractivity contribution is -0.118. The first-order valence-electron chi connectivity index (χ1n) is 9.21. The fourth-order valence-electron chi connectivity index (χ4n) is 2.83. The number of carbonyl (C=O) groups excluding carboxylic acids is 2. The smallest absolute Gasteiger partial charge is 0.252 e. The van der Waals surface area contributed by atoms with Crippen molar-refractivity contribution in [3.63, 3.8) is 0 Å². The normalized spacial score (nSPS) is 11.9. The van der Waals surface area contributed by atoms with E-state index in [-0.39, 0.29) is 11.7 Å². The molecule has 0 radical (unpaired) electrons. The van der Waals surface area contributed by atoms with Crippen molar-refractivity contribution in [1.29, 1.82) is 0 Å². The molecule has 0 aliphatic rings. The number of nitrogens with one attached hydrogen (secondary N) is 2. The van der Waals surface area contributed by atoms with Crippen LogP contribution in [0.2, 0.25) is 0 Å². The number of rotatable bonds is 7. The minimum absolute atomic E-state index is 0.187. The molecule has 0 aliphatic carbocycles. The zero-order chi connectivity index (χ0) is 21.8. The highest BCUT2D eigenvalue weighted by Crippen LogP contribution is 2.27. The van der Waals surface area contributed by atoms with Crippen LogP contribution in [0, 0.1) is 11.7 Å². The van der Waals surface area contributed by atoms with Crippen molar-refractivity contribution in [2.24, 2.45) is 5.92 Å². The fourth-order valence-corrected chi connectivity index (χ4v) is 3.73. The van der Waals surface area contributed by atoms with Gasteiger partial charge in [0.2, 0.25) is 5.91 Å². The number of benzene rings is 2. The summed E-state index contributed by atoms with van der Waals surface area (Å²) in [4.78, 5) is 29.9. The Labute approximate surface area is 177 Å². The van der Waals surface area contributed by atoms with Crippen LogP contribution < -0.4 is 20.1 Å². The number of halogens is 1. The van der Waals surface area contributed by atoms with E-state index < -0.39 is 17.9 Å². The Morgan fingerprint density at radius 1 is 1.07 bits per heavy atom. The summed E-state index contributed by atoms with van der Waals surface area (Å²) in [5, 5.41) is 5.81. The molecule has 0 bridgehead atoms. The summed E-state index contributed by atoms with van der Waals surface area (Å²) >= 11 is 1.17. The number of methoxy groups -OCH3 is 2. The standard InChI is InChI=1S/C21H22FN3O4S/c1-11(2)18(24-19(26)12-7-14(28-3)10-15(8-12)29-4)20(27)25-21-23-16-6-5-13(22)9-17(16)30-21/h5-11,18H,1-4H3,(H,24,26)(H,23,25,27)/t18-/m1/s1. The SMILES string of the molecule is COc1cc(OC)cc(C(=O)N[C@@H](C(=O)Nc2nc3ccc(F)cc3s2)C(C)C)c1. The van der Waals surface area contributed by atoms with Gasteiger partial charge in [0.05, 0.1) is 24.4 Å². The summed E-state index contributed by atoms with van der Waals surface area (Å²) in [7, 11) is 2.98. The molecule has 7 nitrogen and oxygen atoms in total. The minimum atomic E-state index is -0.807. The fraction of sp³-hybridized carbons (Fsp3) is 0.286. The highest BCUT2D eigenvalue weighted by atomic mass is 32.1. The molecule has 0 saturated carbocycles. The molecule has 3 rings (SSSR count). The molecule has 30 heavy (non-hydrogen) atoms. The number of fused-ring (bicyclic) bond motifs is 1. The van der Waals surface area contributed by atoms with Crippen molar-refractivity contribution >= 4 is 38.5 Å². The zero-order valence-electron chi connectivity index (χ0n) is 17.0. The van der Waals surface area contributed by atoms with Gasteiger partial charge in [-0.2, -0.15) is 0 Å². The maximum Gasteiger partial charge on any atom is 0.252 e. The number of aromatic nitrogens is 1. The average molecular weight is 431 g/mol. The van der Waals surface area contributed by atoms with Gasteiger partial charge in [0.15, 0.2) is 5.13 Å². The van der Waals surface area contributed by atoms with Gasteiger partial charge < -0.3 is 20.1 Å². The topological polar surface area (TPSA) is 89.5 Å². The van der Waals surface area contributed by atoms with Gasteiger partial charge in [-0.25, -0.2) is 9.37 Å². The van der Waals surface area contributed by atoms with Crippen LogP contribution in [-0.4, -0.2) is 37.1 Å². The van der Waals surface area contributed by atoms with Crippen LogP contribution in [0.1, 0.15) is 24.2 Å². The second-order valence-corrected chi connectivity index (χ2v) is 7.95. The van der Waals surface area contributed by atoms with Crippen LogP contribution >= 0.6 is 11.3 Å². The van der Waals surface area contributed by atoms with Crippen molar-refractivity contribution in [3.05, 3.63) is 47.8 Å². The van der Waals surface area contributed by atoms with Crippen molar-refractivity contribution in [2.75, 3.05) is 19.5 Å². The van der Waals surface area contributed by atoms with Crippen LogP contribution in [-0.2, 0) is 4.79 Å². The molecule has 0 unspecified atom stereocenters. The molecule has 3 aromatic rings. The number of nitrogens with zero attached hydrogens (tertiary/aromatic N) is 1. The Kier molecular flexibility index (Phi) is 6.51. The molecule has 2 amide bonds. The number of anilines is 1. The van der Waals surface area contributed by atoms with E-state index in [9.17, 15) is 14.0 Å². The Hall–Kier alpha value is -3.20. The summed E-state index contributed by atoms with van der Waals surface area (Å²) in [6.45, 7) is 3.65. The Balaban J connectivity index is 1.77. The Morgan fingerprint density at radius 2 is 1.73 bits per heavy atom. The van der Waals surface area contributed by atoms with Gasteiger partial charge in [0.1, 0.15) is 23.4 Å². The van der Waals surface area contributed by atoms with Gasteiger partial charge in [-0.05, 0) is 36.2 Å². The predicted octanol–water partition coefficient (Wildman–Crippen LogP) is 3.85. The van der Waals surface area contributed by atoms with E-state index >= 15 is 0 Å². The second kappa shape index (κ2) is 9.08. The third kappa shape index (κ3) is 4.85. The van der Waals surface area contributed by atoms with E-state index in [1.807, 2.05) is 13.8 Å². The maximum absolute atomic E-state index is 13.4. The van der Waals surface area contributed by atoms with Crippen molar-refractivity contribution < 1.29 is 23.5 Å². The lowest BCUT2D eigenvalue weighted by Gasteiger charge is -2.21. The largest absolute Gasteiger partial charge is 0.497 e. The molecule has 2 aromatic carbocycles. The number of hydrogen-bond donors (Lipinski definition) is 2. The number of thiazole rings is 1. The van der Waals surface area contributed by atoms with Gasteiger partial charge >= 0.3 is 0 Å². The van der Waals surface area contributed by atoms with E-state index in [2.05, 4.69) is 15.6 Å². The predicted molar refractivity (Wildman–Crippen MR) is 114 cm³/mol. The molecule has 158 valence electrons. The third-order valence-electron chi connectivity index (χ3n) is 4.43. The third-order valence-corrected chi connectivity index (χ3v) is 5.36. The molecule has 2 N–H and O–H groups in total. The van der Waals surface area contributed by atoms with Crippen LogP contribution in [0.4, 0.5) is 9.52 Å². The highest BCUT2D eigenvalue weighted by Gasteiger charge is 2.26. The van der Waals surface area contributed by atoms with E-state index in [1.54, 1.807) is 24.3 Å². The van der Waals surface area contributed by atoms with Crippen molar-refractivity contribution in [2.45, 2.75) is 19.9 Å².